The summed E-state index contributed by atoms with van der Waals surface area (Å²) in [6.07, 6.45) is 0. The van der Waals surface area contributed by atoms with Crippen LogP contribution in [-0.2, 0) is 0 Å². The lowest BCUT2D eigenvalue weighted by Gasteiger charge is -2.37. The van der Waals surface area contributed by atoms with Gasteiger partial charge in [0.1, 0.15) is 0 Å². The summed E-state index contributed by atoms with van der Waals surface area (Å²) in [6.45, 7) is 8.11. The molecule has 0 bridgehead atoms. The normalized spacial score (nSPS) is 11.1. The molecule has 0 aliphatic heterocycles. The topological polar surface area (TPSA) is 56.9 Å². The Morgan fingerprint density at radius 3 is 1.66 bits per heavy atom. The van der Waals surface area contributed by atoms with E-state index in [0.29, 0.717) is 16.8 Å². The fourth-order valence-electron chi connectivity index (χ4n) is 7.54. The maximum atomic E-state index is 10.9. The first kappa shape index (κ1) is 30.4. The molecule has 5 heteroatoms. The van der Waals surface area contributed by atoms with E-state index in [1.165, 1.54) is 0 Å². The molecule has 7 aromatic carbocycles. The summed E-state index contributed by atoms with van der Waals surface area (Å²) < 4.78 is 2.23. The van der Waals surface area contributed by atoms with Crippen LogP contribution in [0.1, 0.15) is 11.1 Å². The van der Waals surface area contributed by atoms with E-state index in [2.05, 4.69) is 131 Å². The molecular weight excluding hydrogens is 625 g/mol. The van der Waals surface area contributed by atoms with Gasteiger partial charge in [-0.05, 0) is 68.3 Å². The molecule has 0 saturated heterocycles. The zero-order chi connectivity index (χ0) is 34.1. The molecule has 4 nitrogen and oxygen atoms in total. The van der Waals surface area contributed by atoms with E-state index in [9.17, 15) is 10.5 Å². The maximum Gasteiger partial charge on any atom is 0.204 e. The van der Waals surface area contributed by atoms with Crippen LogP contribution in [0, 0.1) is 29.2 Å². The number of hydrogen-bond acceptors (Lipinski definition) is 2. The molecular formula is C45H28N4Si. The molecule has 0 amide bonds. The number of nitriles is 2. The molecule has 232 valence electrons. The van der Waals surface area contributed by atoms with Crippen molar-refractivity contribution in [3.63, 3.8) is 0 Å². The minimum atomic E-state index is -3.19. The van der Waals surface area contributed by atoms with Gasteiger partial charge in [0.25, 0.3) is 0 Å². The molecule has 0 radical (unpaired) electrons. The van der Waals surface area contributed by atoms with Crippen molar-refractivity contribution in [1.29, 1.82) is 10.5 Å². The predicted octanol–water partition coefficient (Wildman–Crippen LogP) is 8.12. The maximum absolute atomic E-state index is 10.9. The van der Waals surface area contributed by atoms with Gasteiger partial charge in [-0.15, -0.1) is 0 Å². The van der Waals surface area contributed by atoms with Gasteiger partial charge in [-0.1, -0.05) is 133 Å². The van der Waals surface area contributed by atoms with Gasteiger partial charge in [-0.25, -0.2) is 4.85 Å². The fraction of sp³-hybridized carbons (Fsp3) is 0. The standard InChI is InChI=1S/C45H28N4Si/c1-48-42-27-26-38(33-22-24-34(25-23-33)49-43-20-12-11-19-39(43)40-29-32(30-46)21-28-44(40)49)45(41(42)31-47)50(35-13-5-2-6-14-35,36-15-7-3-8-16-36)37-17-9-4-10-18-37/h2-29H. The largest absolute Gasteiger partial charge is 0.309 e. The number of para-hydroxylation sites is 1. The van der Waals surface area contributed by atoms with Gasteiger partial charge in [0.05, 0.1) is 40.9 Å². The number of hydrogen-bond donors (Lipinski definition) is 0. The molecule has 8 aromatic rings. The van der Waals surface area contributed by atoms with E-state index in [0.717, 1.165) is 59.4 Å². The third-order valence-corrected chi connectivity index (χ3v) is 14.5. The highest BCUT2D eigenvalue weighted by molar-refractivity contribution is 7.20. The van der Waals surface area contributed by atoms with Crippen molar-refractivity contribution in [1.82, 2.24) is 4.57 Å². The van der Waals surface area contributed by atoms with E-state index >= 15 is 0 Å². The molecule has 0 aliphatic carbocycles. The molecule has 0 spiro atoms. The Morgan fingerprint density at radius 1 is 0.540 bits per heavy atom. The quantitative estimate of drug-likeness (QED) is 0.104. The minimum Gasteiger partial charge on any atom is -0.309 e. The van der Waals surface area contributed by atoms with Gasteiger partial charge in [-0.3, -0.25) is 0 Å². The van der Waals surface area contributed by atoms with Crippen LogP contribution in [0.4, 0.5) is 5.69 Å². The highest BCUT2D eigenvalue weighted by atomic mass is 28.3. The first-order valence-electron chi connectivity index (χ1n) is 16.3. The molecule has 8 rings (SSSR count). The smallest absolute Gasteiger partial charge is 0.204 e. The summed E-state index contributed by atoms with van der Waals surface area (Å²) in [7, 11) is -3.19. The van der Waals surface area contributed by atoms with Crippen LogP contribution < -0.4 is 20.7 Å². The summed E-state index contributed by atoms with van der Waals surface area (Å²) >= 11 is 0. The number of benzene rings is 7. The van der Waals surface area contributed by atoms with Crippen molar-refractivity contribution < 1.29 is 0 Å². The lowest BCUT2D eigenvalue weighted by Crippen LogP contribution is -2.75. The molecule has 0 aliphatic rings. The van der Waals surface area contributed by atoms with Gasteiger partial charge in [0, 0.05) is 16.5 Å². The van der Waals surface area contributed by atoms with Crippen LogP contribution in [0.3, 0.4) is 0 Å². The van der Waals surface area contributed by atoms with Crippen LogP contribution >= 0.6 is 0 Å². The van der Waals surface area contributed by atoms with Crippen molar-refractivity contribution in [2.45, 2.75) is 0 Å². The lowest BCUT2D eigenvalue weighted by atomic mass is 10.0. The number of fused-ring (bicyclic) bond motifs is 3. The van der Waals surface area contributed by atoms with Crippen molar-refractivity contribution in [2.24, 2.45) is 0 Å². The van der Waals surface area contributed by atoms with Crippen molar-refractivity contribution >= 4 is 56.3 Å². The first-order chi connectivity index (χ1) is 24.7. The average molecular weight is 653 g/mol. The molecule has 1 aromatic heterocycles. The number of aromatic nitrogens is 1. The Labute approximate surface area is 291 Å². The van der Waals surface area contributed by atoms with E-state index in [1.54, 1.807) is 6.07 Å². The Kier molecular flexibility index (Phi) is 7.63. The molecule has 0 saturated carbocycles. The second-order valence-electron chi connectivity index (χ2n) is 12.2. The molecule has 50 heavy (non-hydrogen) atoms. The van der Waals surface area contributed by atoms with E-state index in [4.69, 9.17) is 6.57 Å². The zero-order valence-corrected chi connectivity index (χ0v) is 28.0. The van der Waals surface area contributed by atoms with Crippen LogP contribution in [0.5, 0.6) is 0 Å². The fourth-order valence-corrected chi connectivity index (χ4v) is 12.7. The molecule has 0 N–H and O–H groups in total. The second-order valence-corrected chi connectivity index (χ2v) is 15.9. The van der Waals surface area contributed by atoms with E-state index in [1.807, 2.05) is 54.6 Å². The summed E-state index contributed by atoms with van der Waals surface area (Å²) in [4.78, 5) is 3.88. The Balaban J connectivity index is 1.43. The van der Waals surface area contributed by atoms with Crippen molar-refractivity contribution in [3.8, 4) is 29.0 Å². The molecule has 0 fully saturated rings. The lowest BCUT2D eigenvalue weighted by molar-refractivity contribution is 1.18. The second kappa shape index (κ2) is 12.6. The van der Waals surface area contributed by atoms with Crippen LogP contribution in [0.15, 0.2) is 170 Å². The Morgan fingerprint density at radius 2 is 1.10 bits per heavy atom. The number of rotatable bonds is 6. The average Bonchev–Trinajstić information content (AvgIpc) is 3.53. The van der Waals surface area contributed by atoms with Gasteiger partial charge in [-0.2, -0.15) is 10.5 Å². The van der Waals surface area contributed by atoms with Gasteiger partial charge in [0.15, 0.2) is 8.07 Å². The van der Waals surface area contributed by atoms with Crippen molar-refractivity contribution in [2.75, 3.05) is 0 Å². The Hall–Kier alpha value is -6.97. The summed E-state index contributed by atoms with van der Waals surface area (Å²) in [5, 5.41) is 27.0. The summed E-state index contributed by atoms with van der Waals surface area (Å²) in [5.41, 5.74) is 6.36. The van der Waals surface area contributed by atoms with Gasteiger partial charge >= 0.3 is 0 Å². The number of nitrogens with zero attached hydrogens (tertiary/aromatic N) is 4. The van der Waals surface area contributed by atoms with Crippen molar-refractivity contribution in [3.05, 3.63) is 192 Å². The SMILES string of the molecule is [C-]#[N+]c1ccc(-c2ccc(-n3c4ccccc4c4cc(C#N)ccc43)cc2)c([Si](c2ccccc2)(c2ccccc2)c2ccccc2)c1C#N. The third-order valence-electron chi connectivity index (χ3n) is 9.65. The molecule has 0 unspecified atom stereocenters. The summed E-state index contributed by atoms with van der Waals surface area (Å²) in [5.74, 6) is 0. The highest BCUT2D eigenvalue weighted by Gasteiger charge is 2.45. The summed E-state index contributed by atoms with van der Waals surface area (Å²) in [6, 6.07) is 62.7. The monoisotopic (exact) mass is 652 g/mol. The zero-order valence-electron chi connectivity index (χ0n) is 27.0. The van der Waals surface area contributed by atoms with Gasteiger partial charge in [0.2, 0.25) is 5.69 Å². The molecule has 1 heterocycles. The van der Waals surface area contributed by atoms with E-state index in [-0.39, 0.29) is 0 Å². The Bertz CT molecular complexity index is 2560. The first-order valence-corrected chi connectivity index (χ1v) is 18.3. The molecule has 0 atom stereocenters. The van der Waals surface area contributed by atoms with Gasteiger partial charge < -0.3 is 4.57 Å². The third kappa shape index (κ3) is 4.72. The van der Waals surface area contributed by atoms with Crippen LogP contribution in [-0.4, -0.2) is 12.6 Å². The highest BCUT2D eigenvalue weighted by Crippen LogP contribution is 2.34. The van der Waals surface area contributed by atoms with Crippen LogP contribution in [0.25, 0.3) is 43.5 Å². The van der Waals surface area contributed by atoms with Crippen LogP contribution in [0.2, 0.25) is 0 Å². The predicted molar refractivity (Wildman–Crippen MR) is 206 cm³/mol. The minimum absolute atomic E-state index is 0.351. The van der Waals surface area contributed by atoms with E-state index < -0.39 is 8.07 Å².